The Morgan fingerprint density at radius 1 is 0.568 bits per heavy atom. The molecule has 0 aliphatic rings. The van der Waals surface area contributed by atoms with Crippen LogP contribution in [0.25, 0.3) is 0 Å². The Morgan fingerprint density at radius 3 is 1.19 bits per heavy atom. The van der Waals surface area contributed by atoms with Gasteiger partial charge in [-0.1, -0.05) is 36.4 Å². The zero-order chi connectivity index (χ0) is 26.8. The number of aliphatic hydroxyl groups excluding tert-OH is 2. The molecule has 12 nitrogen and oxygen atoms in total. The molecule has 0 amide bonds. The van der Waals surface area contributed by atoms with E-state index in [2.05, 4.69) is 0 Å². The van der Waals surface area contributed by atoms with Crippen LogP contribution in [-0.2, 0) is 36.0 Å². The molecule has 0 aromatic heterocycles. The number of rotatable bonds is 14. The van der Waals surface area contributed by atoms with Gasteiger partial charge in [0.15, 0.2) is 0 Å². The quantitative estimate of drug-likeness (QED) is 0.153. The van der Waals surface area contributed by atoms with Crippen LogP contribution < -0.4 is 10.2 Å². The van der Waals surface area contributed by atoms with Crippen molar-refractivity contribution < 1.29 is 75.6 Å². The number of aliphatic hydroxyl groups is 2. The van der Waals surface area contributed by atoms with Gasteiger partial charge in [-0.25, -0.2) is 9.59 Å². The van der Waals surface area contributed by atoms with E-state index in [4.69, 9.17) is 29.2 Å². The Hall–Kier alpha value is -3.32. The third-order valence-electron chi connectivity index (χ3n) is 4.13. The predicted molar refractivity (Wildman–Crippen MR) is 118 cm³/mol. The number of aromatic carboxylic acids is 2. The molecule has 0 unspecified atom stereocenters. The first-order valence-electron chi connectivity index (χ1n) is 10.7. The number of esters is 2. The van der Waals surface area contributed by atoms with E-state index < -0.39 is 23.9 Å². The molecular formula is C24H26MnO12. The van der Waals surface area contributed by atoms with Gasteiger partial charge in [0.2, 0.25) is 0 Å². The van der Waals surface area contributed by atoms with Crippen LogP contribution in [0.3, 0.4) is 0 Å². The van der Waals surface area contributed by atoms with Gasteiger partial charge in [0.1, 0.15) is 13.2 Å². The fourth-order valence-corrected chi connectivity index (χ4v) is 2.55. The molecule has 0 saturated carbocycles. The minimum Gasteiger partial charge on any atom is -0.545 e. The van der Waals surface area contributed by atoms with Crippen LogP contribution in [0.1, 0.15) is 41.4 Å². The van der Waals surface area contributed by atoms with Crippen LogP contribution in [0.2, 0.25) is 0 Å². The molecule has 37 heavy (non-hydrogen) atoms. The zero-order valence-corrected chi connectivity index (χ0v) is 20.8. The van der Waals surface area contributed by atoms with Gasteiger partial charge in [-0.15, -0.1) is 0 Å². The van der Waals surface area contributed by atoms with E-state index in [0.717, 1.165) is 0 Å². The van der Waals surface area contributed by atoms with Gasteiger partial charge in [-0.2, -0.15) is 0 Å². The minimum absolute atomic E-state index is 0. The van der Waals surface area contributed by atoms with Gasteiger partial charge in [0.05, 0.1) is 62.7 Å². The van der Waals surface area contributed by atoms with Gasteiger partial charge >= 0.3 is 29.0 Å². The smallest absolute Gasteiger partial charge is 0.545 e. The molecule has 2 rings (SSSR count). The molecule has 201 valence electrons. The van der Waals surface area contributed by atoms with E-state index in [-0.39, 0.29) is 92.2 Å². The summed E-state index contributed by atoms with van der Waals surface area (Å²) in [6.45, 7) is 0.350. The molecule has 2 aromatic rings. The second-order valence-electron chi connectivity index (χ2n) is 6.61. The maximum Gasteiger partial charge on any atom is 2.00 e. The second-order valence-corrected chi connectivity index (χ2v) is 6.61. The van der Waals surface area contributed by atoms with Crippen LogP contribution in [-0.4, -0.2) is 86.9 Å². The molecule has 0 atom stereocenters. The monoisotopic (exact) mass is 561 g/mol. The van der Waals surface area contributed by atoms with Crippen molar-refractivity contribution in [2.24, 2.45) is 0 Å². The summed E-state index contributed by atoms with van der Waals surface area (Å²) < 4.78 is 19.4. The number of carboxylic acids is 2. The van der Waals surface area contributed by atoms with Crippen LogP contribution in [0.4, 0.5) is 0 Å². The van der Waals surface area contributed by atoms with Crippen LogP contribution >= 0.6 is 0 Å². The average Bonchev–Trinajstić information content (AvgIpc) is 2.88. The normalized spacial score (nSPS) is 9.78. The Kier molecular flexibility index (Phi) is 18.0. The average molecular weight is 561 g/mol. The molecule has 13 heteroatoms. The van der Waals surface area contributed by atoms with Crippen molar-refractivity contribution in [1.29, 1.82) is 0 Å². The summed E-state index contributed by atoms with van der Waals surface area (Å²) in [7, 11) is 0. The van der Waals surface area contributed by atoms with Crippen LogP contribution in [0, 0.1) is 0 Å². The third kappa shape index (κ3) is 13.0. The van der Waals surface area contributed by atoms with Crippen molar-refractivity contribution in [3.63, 3.8) is 0 Å². The third-order valence-corrected chi connectivity index (χ3v) is 4.13. The number of carbonyl (C=O) groups is 4. The predicted octanol–water partition coefficient (Wildman–Crippen LogP) is -1.57. The van der Waals surface area contributed by atoms with E-state index in [9.17, 15) is 29.4 Å². The van der Waals surface area contributed by atoms with Gasteiger partial charge in [0, 0.05) is 11.1 Å². The second kappa shape index (κ2) is 19.8. The van der Waals surface area contributed by atoms with Crippen molar-refractivity contribution in [1.82, 2.24) is 0 Å². The molecule has 0 aliphatic carbocycles. The minimum atomic E-state index is -1.43. The Bertz CT molecular complexity index is 916. The molecule has 0 aliphatic heterocycles. The molecule has 2 N–H and O–H groups in total. The maximum atomic E-state index is 11.6. The number of carboxylic acid groups (broad SMARTS) is 2. The fourth-order valence-electron chi connectivity index (χ4n) is 2.55. The Morgan fingerprint density at radius 2 is 0.892 bits per heavy atom. The number of benzene rings is 2. The number of hydrogen-bond donors (Lipinski definition) is 2. The van der Waals surface area contributed by atoms with Crippen molar-refractivity contribution in [2.45, 2.75) is 0 Å². The summed E-state index contributed by atoms with van der Waals surface area (Å²) in [5, 5.41) is 38.4. The first-order valence-corrected chi connectivity index (χ1v) is 10.7. The standard InChI is InChI=1S/2C12H14O6.Mn/c2*13-5-6-17-7-8-18-12(16)10-4-2-1-3-9(10)11(14)15;/h2*1-4,13H,5-8H2,(H,14,15);/q;;+2/p-2. The van der Waals surface area contributed by atoms with Gasteiger partial charge in [-0.05, 0) is 12.1 Å². The van der Waals surface area contributed by atoms with E-state index >= 15 is 0 Å². The van der Waals surface area contributed by atoms with E-state index in [1.165, 1.54) is 48.5 Å². The molecule has 0 saturated heterocycles. The molecule has 1 radical (unpaired) electrons. The topological polar surface area (TPSA) is 192 Å². The summed E-state index contributed by atoms with van der Waals surface area (Å²) in [6.07, 6.45) is 0. The molecule has 0 spiro atoms. The summed E-state index contributed by atoms with van der Waals surface area (Å²) in [5.74, 6) is -4.36. The van der Waals surface area contributed by atoms with Crippen molar-refractivity contribution >= 4 is 23.9 Å². The summed E-state index contributed by atoms with van der Waals surface area (Å²) >= 11 is 0. The van der Waals surface area contributed by atoms with Crippen LogP contribution in [0.5, 0.6) is 0 Å². The molecular weight excluding hydrogens is 535 g/mol. The maximum absolute atomic E-state index is 11.6. The summed E-state index contributed by atoms with van der Waals surface area (Å²) in [6, 6.07) is 11.3. The van der Waals surface area contributed by atoms with Gasteiger partial charge in [0.25, 0.3) is 0 Å². The van der Waals surface area contributed by atoms with E-state index in [1.54, 1.807) is 0 Å². The number of hydrogen-bond acceptors (Lipinski definition) is 12. The molecule has 0 heterocycles. The summed E-state index contributed by atoms with van der Waals surface area (Å²) in [4.78, 5) is 44.7. The Labute approximate surface area is 223 Å². The summed E-state index contributed by atoms with van der Waals surface area (Å²) in [5.41, 5.74) is -0.531. The molecule has 0 bridgehead atoms. The van der Waals surface area contributed by atoms with E-state index in [0.29, 0.717) is 0 Å². The first-order chi connectivity index (χ1) is 17.3. The Balaban J connectivity index is 0.000000682. The SMILES string of the molecule is O=C([O-])c1ccccc1C(=O)OCCOCCO.O=C([O-])c1ccccc1C(=O)OCCOCCO.[Mn+2]. The molecule has 2 aromatic carbocycles. The largest absolute Gasteiger partial charge is 2.00 e. The number of ether oxygens (including phenoxy) is 4. The van der Waals surface area contributed by atoms with E-state index in [1.807, 2.05) is 0 Å². The van der Waals surface area contributed by atoms with Crippen molar-refractivity contribution in [2.75, 3.05) is 52.9 Å². The fraction of sp³-hybridized carbons (Fsp3) is 0.333. The first kappa shape index (κ1) is 33.7. The van der Waals surface area contributed by atoms with Gasteiger partial charge in [-0.3, -0.25) is 0 Å². The van der Waals surface area contributed by atoms with Crippen LogP contribution in [0.15, 0.2) is 48.5 Å². The number of carbonyl (C=O) groups excluding carboxylic acids is 4. The van der Waals surface area contributed by atoms with Crippen molar-refractivity contribution in [3.8, 4) is 0 Å². The van der Waals surface area contributed by atoms with Gasteiger partial charge < -0.3 is 49.0 Å². The molecule has 0 fully saturated rings. The van der Waals surface area contributed by atoms with Crippen molar-refractivity contribution in [3.05, 3.63) is 70.8 Å². The zero-order valence-electron chi connectivity index (χ0n) is 19.6.